The van der Waals surface area contributed by atoms with Crippen molar-refractivity contribution in [2.45, 2.75) is 0 Å². The molecule has 0 aromatic carbocycles. The summed E-state index contributed by atoms with van der Waals surface area (Å²) >= 11 is 0. The van der Waals surface area contributed by atoms with E-state index in [9.17, 15) is 4.91 Å². The maximum atomic E-state index is 10.1. The van der Waals surface area contributed by atoms with Gasteiger partial charge in [0.15, 0.2) is 0 Å². The molecule has 0 spiro atoms. The first kappa shape index (κ1) is 2.31. The van der Waals surface area contributed by atoms with Gasteiger partial charge in [-0.25, -0.2) is 0 Å². The van der Waals surface area contributed by atoms with Crippen LogP contribution in [0.15, 0.2) is 5.29 Å². The molecule has 0 atom stereocenters. The average molecular weight is 120 g/mol. The molecule has 0 radical (unpaired) electrons. The van der Waals surface area contributed by atoms with Gasteiger partial charge in [0.05, 0.1) is 37.0 Å². The molecule has 4 nitrogen and oxygen atoms in total. The van der Waals surface area contributed by atoms with Crippen molar-refractivity contribution in [3.05, 3.63) is 4.91 Å². The minimum Gasteiger partial charge on any atom is -0.378 e. The highest BCUT2D eigenvalue weighted by molar-refractivity contribution is 4.54. The third-order valence-electron chi connectivity index (χ3n) is 0.714. The molecular weight excluding hydrogens is 108 g/mol. The van der Waals surface area contributed by atoms with Gasteiger partial charge in [0.1, 0.15) is 0 Å². The lowest BCUT2D eigenvalue weighted by atomic mass is 10.5. The Morgan fingerprint density at radius 2 is 2.25 bits per heavy atom. The molecule has 0 bridgehead atoms. The molecule has 0 aromatic heterocycles. The molecule has 1 aliphatic heterocycles. The van der Waals surface area contributed by atoms with E-state index in [-0.39, 0.29) is 18.2 Å². The van der Waals surface area contributed by atoms with Crippen molar-refractivity contribution < 1.29 is 10.2 Å². The zero-order valence-electron chi connectivity index (χ0n) is 8.13. The molecule has 0 aliphatic carbocycles. The SMILES string of the molecule is [2H]C1([2H])COCC([2H])([2H])N1N=O. The van der Waals surface area contributed by atoms with Gasteiger partial charge >= 0.3 is 0 Å². The molecule has 0 aromatic rings. The predicted octanol–water partition coefficient (Wildman–Crippen LogP) is 0. The Bertz CT molecular complexity index is 181. The minimum absolute atomic E-state index is 0.253. The number of hydrogen-bond donors (Lipinski definition) is 0. The Hall–Kier alpha value is -0.640. The second kappa shape index (κ2) is 2.61. The van der Waals surface area contributed by atoms with E-state index in [1.54, 1.807) is 0 Å². The topological polar surface area (TPSA) is 41.9 Å². The molecule has 1 fully saturated rings. The summed E-state index contributed by atoms with van der Waals surface area (Å²) in [5.41, 5.74) is 0. The Balaban J connectivity index is 2.88. The summed E-state index contributed by atoms with van der Waals surface area (Å²) in [6.07, 6.45) is 0. The van der Waals surface area contributed by atoms with Gasteiger partial charge in [0, 0.05) is 0 Å². The van der Waals surface area contributed by atoms with Gasteiger partial charge in [-0.2, -0.15) is 0 Å². The Kier molecular flexibility index (Phi) is 0.754. The quantitative estimate of drug-likeness (QED) is 0.457. The van der Waals surface area contributed by atoms with Crippen LogP contribution in [0.3, 0.4) is 0 Å². The lowest BCUT2D eigenvalue weighted by Crippen LogP contribution is -2.31. The highest BCUT2D eigenvalue weighted by atomic mass is 16.5. The highest BCUT2D eigenvalue weighted by Gasteiger charge is 2.06. The van der Waals surface area contributed by atoms with Crippen LogP contribution >= 0.6 is 0 Å². The maximum Gasteiger partial charge on any atom is 0.0660 e. The standard InChI is InChI=1S/C4H8N2O2/c7-5-6-1-3-8-4-2-6/h1-4H2/i1D2,2D2. The van der Waals surface area contributed by atoms with Crippen LogP contribution in [0, 0.1) is 4.91 Å². The summed E-state index contributed by atoms with van der Waals surface area (Å²) in [6, 6.07) is 0. The van der Waals surface area contributed by atoms with Crippen LogP contribution in [-0.2, 0) is 4.74 Å². The summed E-state index contributed by atoms with van der Waals surface area (Å²) in [5.74, 6) is 0. The zero-order chi connectivity index (χ0) is 9.41. The maximum absolute atomic E-state index is 10.1. The fourth-order valence-electron chi connectivity index (χ4n) is 0.378. The molecular formula is C4H8N2O2. The van der Waals surface area contributed by atoms with Crippen LogP contribution in [0.4, 0.5) is 0 Å². The van der Waals surface area contributed by atoms with Crippen molar-refractivity contribution in [1.82, 2.24) is 5.01 Å². The lowest BCUT2D eigenvalue weighted by molar-refractivity contribution is 0.0383. The number of nitroso groups, excluding NO2 is 1. The van der Waals surface area contributed by atoms with E-state index < -0.39 is 13.0 Å². The molecule has 0 unspecified atom stereocenters. The Morgan fingerprint density at radius 3 is 2.62 bits per heavy atom. The monoisotopic (exact) mass is 120 g/mol. The molecule has 0 N–H and O–H groups in total. The fraction of sp³-hybridized carbons (Fsp3) is 1.00. The normalized spacial score (nSPS) is 40.8. The van der Waals surface area contributed by atoms with E-state index in [1.807, 2.05) is 0 Å². The Morgan fingerprint density at radius 1 is 1.62 bits per heavy atom. The van der Waals surface area contributed by atoms with Gasteiger partial charge in [-0.1, -0.05) is 0 Å². The van der Waals surface area contributed by atoms with E-state index in [4.69, 9.17) is 5.48 Å². The summed E-state index contributed by atoms with van der Waals surface area (Å²) in [4.78, 5) is 10.1. The van der Waals surface area contributed by atoms with Gasteiger partial charge in [-0.3, -0.25) is 5.01 Å². The van der Waals surface area contributed by atoms with Crippen LogP contribution < -0.4 is 0 Å². The first-order valence-corrected chi connectivity index (χ1v) is 2.11. The van der Waals surface area contributed by atoms with E-state index in [1.165, 1.54) is 0 Å². The first-order valence-electron chi connectivity index (χ1n) is 4.11. The summed E-state index contributed by atoms with van der Waals surface area (Å²) in [5, 5.41) is 2.56. The number of hydrogen-bond acceptors (Lipinski definition) is 3. The molecule has 1 heterocycles. The molecule has 4 heteroatoms. The predicted molar refractivity (Wildman–Crippen MR) is 28.2 cm³/mol. The largest absolute Gasteiger partial charge is 0.378 e. The molecule has 1 aliphatic rings. The van der Waals surface area contributed by atoms with Gasteiger partial charge in [-0.15, -0.1) is 4.91 Å². The number of nitrogens with zero attached hydrogens (tertiary/aromatic N) is 2. The van der Waals surface area contributed by atoms with Gasteiger partial charge in [0.25, 0.3) is 0 Å². The van der Waals surface area contributed by atoms with Crippen molar-refractivity contribution in [1.29, 1.82) is 0 Å². The second-order valence-corrected chi connectivity index (χ2v) is 1.20. The van der Waals surface area contributed by atoms with Crippen molar-refractivity contribution in [3.63, 3.8) is 0 Å². The van der Waals surface area contributed by atoms with Gasteiger partial charge < -0.3 is 4.74 Å². The van der Waals surface area contributed by atoms with Crippen molar-refractivity contribution in [3.8, 4) is 0 Å². The van der Waals surface area contributed by atoms with Crippen LogP contribution in [-0.4, -0.2) is 31.2 Å². The van der Waals surface area contributed by atoms with Crippen LogP contribution in [0.5, 0.6) is 0 Å². The summed E-state index contributed by atoms with van der Waals surface area (Å²) in [7, 11) is 0. The van der Waals surface area contributed by atoms with E-state index >= 15 is 0 Å². The summed E-state index contributed by atoms with van der Waals surface area (Å²) in [6.45, 7) is -5.02. The second-order valence-electron chi connectivity index (χ2n) is 1.20. The number of ether oxygens (including phenoxy) is 1. The average Bonchev–Trinajstić information content (AvgIpc) is 1.83. The Labute approximate surface area is 53.0 Å². The zero-order valence-corrected chi connectivity index (χ0v) is 4.13. The van der Waals surface area contributed by atoms with Crippen LogP contribution in [0.1, 0.15) is 5.48 Å². The van der Waals surface area contributed by atoms with E-state index in [0.717, 1.165) is 0 Å². The van der Waals surface area contributed by atoms with Crippen molar-refractivity contribution >= 4 is 0 Å². The third kappa shape index (κ3) is 1.16. The smallest absolute Gasteiger partial charge is 0.0660 e. The van der Waals surface area contributed by atoms with Crippen molar-refractivity contribution in [2.75, 3.05) is 26.2 Å². The van der Waals surface area contributed by atoms with Crippen LogP contribution in [0.25, 0.3) is 0 Å². The molecule has 1 saturated heterocycles. The summed E-state index contributed by atoms with van der Waals surface area (Å²) < 4.78 is 33.3. The fourth-order valence-corrected chi connectivity index (χ4v) is 0.378. The van der Waals surface area contributed by atoms with E-state index in [0.29, 0.717) is 0 Å². The molecule has 1 rings (SSSR count). The van der Waals surface area contributed by atoms with E-state index in [2.05, 4.69) is 10.0 Å². The van der Waals surface area contributed by atoms with Gasteiger partial charge in [0.2, 0.25) is 0 Å². The lowest BCUT2D eigenvalue weighted by Gasteiger charge is -2.19. The molecule has 0 saturated carbocycles. The molecule has 8 heavy (non-hydrogen) atoms. The first-order chi connectivity index (χ1) is 5.40. The molecule has 0 amide bonds. The molecule has 46 valence electrons. The van der Waals surface area contributed by atoms with Crippen molar-refractivity contribution in [2.24, 2.45) is 5.29 Å². The minimum atomic E-state index is -2.16. The highest BCUT2D eigenvalue weighted by Crippen LogP contribution is 1.94. The third-order valence-corrected chi connectivity index (χ3v) is 0.714. The van der Waals surface area contributed by atoms with Crippen LogP contribution in [0.2, 0.25) is 0 Å². The van der Waals surface area contributed by atoms with Gasteiger partial charge in [-0.05, 0) is 0 Å². The number of rotatable bonds is 1. The number of morpholine rings is 1.